The molecule has 1 unspecified atom stereocenters. The number of hydrogen-bond acceptors (Lipinski definition) is 2. The number of carboxylic acid groups (broad SMARTS) is 1. The molecule has 1 aromatic carbocycles. The van der Waals surface area contributed by atoms with E-state index >= 15 is 0 Å². The van der Waals surface area contributed by atoms with Gasteiger partial charge in [-0.2, -0.15) is 0 Å². The number of aliphatic carboxylic acids is 1. The van der Waals surface area contributed by atoms with Crippen molar-refractivity contribution in [3.63, 3.8) is 0 Å². The van der Waals surface area contributed by atoms with Gasteiger partial charge in [-0.25, -0.2) is 9.18 Å². The van der Waals surface area contributed by atoms with Gasteiger partial charge in [-0.15, -0.1) is 0 Å². The molecule has 1 aromatic rings. The zero-order chi connectivity index (χ0) is 13.8. The van der Waals surface area contributed by atoms with Crippen LogP contribution < -0.4 is 0 Å². The summed E-state index contributed by atoms with van der Waals surface area (Å²) in [5.41, 5.74) is 0.328. The van der Waals surface area contributed by atoms with Crippen LogP contribution in [0.3, 0.4) is 0 Å². The van der Waals surface area contributed by atoms with Gasteiger partial charge in [0, 0.05) is 12.1 Å². The van der Waals surface area contributed by atoms with Gasteiger partial charge in [0.05, 0.1) is 0 Å². The summed E-state index contributed by atoms with van der Waals surface area (Å²) in [4.78, 5) is 25.0. The lowest BCUT2D eigenvalue weighted by molar-refractivity contribution is -0.142. The molecule has 0 bridgehead atoms. The van der Waals surface area contributed by atoms with Gasteiger partial charge < -0.3 is 10.0 Å². The number of amides is 1. The highest BCUT2D eigenvalue weighted by Gasteiger charge is 2.31. The minimum Gasteiger partial charge on any atom is -0.480 e. The van der Waals surface area contributed by atoms with Crippen LogP contribution in [0.4, 0.5) is 4.39 Å². The van der Waals surface area contributed by atoms with E-state index in [0.29, 0.717) is 18.5 Å². The van der Waals surface area contributed by atoms with Crippen molar-refractivity contribution in [1.29, 1.82) is 0 Å². The van der Waals surface area contributed by atoms with E-state index in [4.69, 9.17) is 0 Å². The fourth-order valence-corrected chi connectivity index (χ4v) is 2.37. The topological polar surface area (TPSA) is 57.6 Å². The lowest BCUT2D eigenvalue weighted by Crippen LogP contribution is -2.44. The summed E-state index contributed by atoms with van der Waals surface area (Å²) in [5, 5.41) is 9.22. The molecular formula is C14H16FNO3. The number of hydrogen-bond donors (Lipinski definition) is 1. The molecule has 1 fully saturated rings. The Morgan fingerprint density at radius 3 is 2.47 bits per heavy atom. The third kappa shape index (κ3) is 3.10. The molecule has 5 heteroatoms. The molecule has 1 saturated heterocycles. The molecule has 0 saturated carbocycles. The van der Waals surface area contributed by atoms with Gasteiger partial charge in [-0.1, -0.05) is 12.8 Å². The molecular weight excluding hydrogens is 249 g/mol. The molecule has 1 amide bonds. The average Bonchev–Trinajstić information content (AvgIpc) is 2.64. The summed E-state index contributed by atoms with van der Waals surface area (Å²) in [7, 11) is 0. The molecule has 4 nitrogen and oxygen atoms in total. The van der Waals surface area contributed by atoms with E-state index in [1.165, 1.54) is 29.2 Å². The molecule has 1 aliphatic heterocycles. The Morgan fingerprint density at radius 2 is 1.84 bits per heavy atom. The largest absolute Gasteiger partial charge is 0.480 e. The highest BCUT2D eigenvalue weighted by molar-refractivity contribution is 5.96. The summed E-state index contributed by atoms with van der Waals surface area (Å²) in [5.74, 6) is -1.73. The number of carbonyl (C=O) groups is 2. The Kier molecular flexibility index (Phi) is 4.14. The van der Waals surface area contributed by atoms with Crippen LogP contribution in [0.2, 0.25) is 0 Å². The number of rotatable bonds is 2. The predicted molar refractivity (Wildman–Crippen MR) is 67.3 cm³/mol. The Morgan fingerprint density at radius 1 is 1.16 bits per heavy atom. The zero-order valence-electron chi connectivity index (χ0n) is 10.5. The van der Waals surface area contributed by atoms with Crippen LogP contribution in [-0.4, -0.2) is 34.5 Å². The van der Waals surface area contributed by atoms with Crippen molar-refractivity contribution < 1.29 is 19.1 Å². The minimum absolute atomic E-state index is 0.328. The van der Waals surface area contributed by atoms with Crippen molar-refractivity contribution in [1.82, 2.24) is 4.90 Å². The highest BCUT2D eigenvalue weighted by Crippen LogP contribution is 2.19. The molecule has 0 spiro atoms. The second kappa shape index (κ2) is 5.82. The van der Waals surface area contributed by atoms with Gasteiger partial charge in [-0.05, 0) is 37.1 Å². The van der Waals surface area contributed by atoms with Crippen LogP contribution in [0.15, 0.2) is 24.3 Å². The van der Waals surface area contributed by atoms with Crippen molar-refractivity contribution in [2.45, 2.75) is 31.7 Å². The Bertz CT molecular complexity index is 472. The molecule has 1 aliphatic rings. The lowest BCUT2D eigenvalue weighted by atomic mass is 10.1. The van der Waals surface area contributed by atoms with E-state index in [1.807, 2.05) is 0 Å². The van der Waals surface area contributed by atoms with Crippen LogP contribution in [0.1, 0.15) is 36.0 Å². The van der Waals surface area contributed by atoms with Crippen molar-refractivity contribution in [2.24, 2.45) is 0 Å². The van der Waals surface area contributed by atoms with Crippen LogP contribution >= 0.6 is 0 Å². The van der Waals surface area contributed by atoms with Crippen molar-refractivity contribution in [3.05, 3.63) is 35.6 Å². The fraction of sp³-hybridized carbons (Fsp3) is 0.429. The molecule has 1 N–H and O–H groups in total. The molecule has 0 aliphatic carbocycles. The first kappa shape index (κ1) is 13.5. The fourth-order valence-electron chi connectivity index (χ4n) is 2.37. The molecule has 102 valence electrons. The molecule has 0 radical (unpaired) electrons. The van der Waals surface area contributed by atoms with E-state index in [0.717, 1.165) is 19.3 Å². The van der Waals surface area contributed by atoms with Crippen LogP contribution in [0.25, 0.3) is 0 Å². The molecule has 19 heavy (non-hydrogen) atoms. The highest BCUT2D eigenvalue weighted by atomic mass is 19.1. The maximum Gasteiger partial charge on any atom is 0.326 e. The number of nitrogens with zero attached hydrogens (tertiary/aromatic N) is 1. The smallest absolute Gasteiger partial charge is 0.326 e. The molecule has 2 rings (SSSR count). The molecule has 0 aromatic heterocycles. The third-order valence-corrected chi connectivity index (χ3v) is 3.39. The van der Waals surface area contributed by atoms with Gasteiger partial charge in [0.2, 0.25) is 0 Å². The average molecular weight is 265 g/mol. The van der Waals surface area contributed by atoms with Crippen LogP contribution in [-0.2, 0) is 4.79 Å². The summed E-state index contributed by atoms with van der Waals surface area (Å²) >= 11 is 0. The number of halogens is 1. The number of carbonyl (C=O) groups excluding carboxylic acids is 1. The van der Waals surface area contributed by atoms with Crippen LogP contribution in [0.5, 0.6) is 0 Å². The number of likely N-dealkylation sites (tertiary alicyclic amines) is 1. The maximum absolute atomic E-state index is 12.8. The quantitative estimate of drug-likeness (QED) is 0.892. The predicted octanol–water partition coefficient (Wildman–Crippen LogP) is 2.30. The van der Waals surface area contributed by atoms with E-state index in [9.17, 15) is 19.1 Å². The van der Waals surface area contributed by atoms with Crippen LogP contribution in [0, 0.1) is 5.82 Å². The van der Waals surface area contributed by atoms with Gasteiger partial charge >= 0.3 is 5.97 Å². The standard InChI is InChI=1S/C14H16FNO3/c15-11-7-5-10(6-8-11)13(17)16-9-3-1-2-4-12(16)14(18)19/h5-8,12H,1-4,9H2,(H,18,19). The first-order valence-electron chi connectivity index (χ1n) is 6.39. The van der Waals surface area contributed by atoms with E-state index < -0.39 is 17.8 Å². The van der Waals surface area contributed by atoms with Gasteiger partial charge in [-0.3, -0.25) is 4.79 Å². The molecule has 1 atom stereocenters. The van der Waals surface area contributed by atoms with Crippen molar-refractivity contribution in [2.75, 3.05) is 6.54 Å². The van der Waals surface area contributed by atoms with Gasteiger partial charge in [0.25, 0.3) is 5.91 Å². The number of benzene rings is 1. The maximum atomic E-state index is 12.8. The number of carboxylic acids is 1. The second-order valence-corrected chi connectivity index (χ2v) is 4.71. The molecule has 1 heterocycles. The van der Waals surface area contributed by atoms with Gasteiger partial charge in [0.1, 0.15) is 11.9 Å². The van der Waals surface area contributed by atoms with E-state index in [-0.39, 0.29) is 5.91 Å². The summed E-state index contributed by atoms with van der Waals surface area (Å²) in [6, 6.07) is 4.42. The van der Waals surface area contributed by atoms with Crippen molar-refractivity contribution >= 4 is 11.9 Å². The lowest BCUT2D eigenvalue weighted by Gasteiger charge is -2.27. The van der Waals surface area contributed by atoms with Crippen molar-refractivity contribution in [3.8, 4) is 0 Å². The summed E-state index contributed by atoms with van der Waals surface area (Å²) in [6.45, 7) is 0.438. The Hall–Kier alpha value is -1.91. The van der Waals surface area contributed by atoms with E-state index in [2.05, 4.69) is 0 Å². The summed E-state index contributed by atoms with van der Waals surface area (Å²) < 4.78 is 12.8. The minimum atomic E-state index is -0.975. The first-order chi connectivity index (χ1) is 9.09. The van der Waals surface area contributed by atoms with E-state index in [1.54, 1.807) is 0 Å². The summed E-state index contributed by atoms with van der Waals surface area (Å²) in [6.07, 6.45) is 3.01. The first-order valence-corrected chi connectivity index (χ1v) is 6.39. The second-order valence-electron chi connectivity index (χ2n) is 4.71. The Labute approximate surface area is 110 Å². The third-order valence-electron chi connectivity index (χ3n) is 3.39. The monoisotopic (exact) mass is 265 g/mol. The zero-order valence-corrected chi connectivity index (χ0v) is 10.5. The SMILES string of the molecule is O=C(O)C1CCCCCN1C(=O)c1ccc(F)cc1. The Balaban J connectivity index is 2.23. The van der Waals surface area contributed by atoms with Gasteiger partial charge in [0.15, 0.2) is 0 Å². The normalized spacial score (nSPS) is 19.8.